The average Bonchev–Trinajstić information content (AvgIpc) is 2.79. The summed E-state index contributed by atoms with van der Waals surface area (Å²) in [6, 6.07) is 10.4. The third kappa shape index (κ3) is 8.35. The molecule has 2 aromatic carbocycles. The molecule has 0 unspecified atom stereocenters. The predicted octanol–water partition coefficient (Wildman–Crippen LogP) is 4.23. The Kier molecular flexibility index (Phi) is 10.3. The normalized spacial score (nSPS) is 12.8. The number of carbonyl (C=O) groups excluding carboxylic acids is 3. The van der Waals surface area contributed by atoms with Crippen molar-refractivity contribution in [1.82, 2.24) is 10.7 Å². The van der Waals surface area contributed by atoms with Crippen LogP contribution in [0.5, 0.6) is 5.75 Å². The van der Waals surface area contributed by atoms with E-state index in [1.807, 2.05) is 13.8 Å². The second kappa shape index (κ2) is 13.0. The number of methoxy groups -OCH3 is 1. The van der Waals surface area contributed by atoms with E-state index in [1.165, 1.54) is 19.4 Å². The van der Waals surface area contributed by atoms with E-state index in [1.54, 1.807) is 43.3 Å². The Morgan fingerprint density at radius 2 is 1.71 bits per heavy atom. The Labute approximate surface area is 208 Å². The molecular weight excluding hydrogens is 481 g/mol. The van der Waals surface area contributed by atoms with Gasteiger partial charge < -0.3 is 14.8 Å². The lowest BCUT2D eigenvalue weighted by Crippen LogP contribution is -2.49. The van der Waals surface area contributed by atoms with Gasteiger partial charge in [0.15, 0.2) is 6.10 Å². The monoisotopic (exact) mass is 507 g/mol. The zero-order valence-electron chi connectivity index (χ0n) is 19.3. The summed E-state index contributed by atoms with van der Waals surface area (Å²) < 4.78 is 10.3. The number of esters is 1. The zero-order chi connectivity index (χ0) is 25.3. The van der Waals surface area contributed by atoms with Crippen molar-refractivity contribution in [2.75, 3.05) is 7.11 Å². The SMILES string of the molecule is COC(=O)c1ccc(/C=N\NC(=O)[C@@H](CC(C)C)NC(=O)[C@H](C)Oc2ccc(Cl)cc2Cl)cc1. The van der Waals surface area contributed by atoms with Crippen molar-refractivity contribution >= 4 is 47.2 Å². The fraction of sp³-hybridized carbons (Fsp3) is 0.333. The van der Waals surface area contributed by atoms with Crippen LogP contribution in [0.1, 0.15) is 43.1 Å². The molecule has 2 rings (SSSR count). The number of ether oxygens (including phenoxy) is 2. The highest BCUT2D eigenvalue weighted by Gasteiger charge is 2.25. The van der Waals surface area contributed by atoms with Gasteiger partial charge in [-0.2, -0.15) is 5.10 Å². The van der Waals surface area contributed by atoms with Crippen LogP contribution in [0.2, 0.25) is 10.0 Å². The highest BCUT2D eigenvalue weighted by molar-refractivity contribution is 6.35. The topological polar surface area (TPSA) is 106 Å². The van der Waals surface area contributed by atoms with Gasteiger partial charge in [-0.05, 0) is 55.2 Å². The molecule has 2 atom stereocenters. The molecule has 0 radical (unpaired) electrons. The lowest BCUT2D eigenvalue weighted by molar-refractivity contribution is -0.132. The molecule has 0 aromatic heterocycles. The highest BCUT2D eigenvalue weighted by Crippen LogP contribution is 2.28. The number of nitrogens with one attached hydrogen (secondary N) is 2. The maximum atomic E-state index is 12.7. The minimum absolute atomic E-state index is 0.132. The summed E-state index contributed by atoms with van der Waals surface area (Å²) in [6.07, 6.45) is 0.926. The Hall–Kier alpha value is -3.10. The Balaban J connectivity index is 1.99. The van der Waals surface area contributed by atoms with E-state index in [0.29, 0.717) is 28.3 Å². The largest absolute Gasteiger partial charge is 0.479 e. The molecule has 0 saturated carbocycles. The van der Waals surface area contributed by atoms with Crippen LogP contribution in [0, 0.1) is 5.92 Å². The summed E-state index contributed by atoms with van der Waals surface area (Å²) >= 11 is 12.0. The van der Waals surface area contributed by atoms with Gasteiger partial charge in [0.2, 0.25) is 0 Å². The minimum atomic E-state index is -0.905. The first-order chi connectivity index (χ1) is 16.1. The first-order valence-corrected chi connectivity index (χ1v) is 11.3. The van der Waals surface area contributed by atoms with E-state index < -0.39 is 29.9 Å². The number of nitrogens with zero attached hydrogens (tertiary/aromatic N) is 1. The third-order valence-electron chi connectivity index (χ3n) is 4.63. The molecule has 10 heteroatoms. The van der Waals surface area contributed by atoms with Gasteiger partial charge in [0.1, 0.15) is 11.8 Å². The highest BCUT2D eigenvalue weighted by atomic mass is 35.5. The van der Waals surface area contributed by atoms with Crippen LogP contribution >= 0.6 is 23.2 Å². The molecule has 0 heterocycles. The number of rotatable bonds is 10. The summed E-state index contributed by atoms with van der Waals surface area (Å²) in [5.41, 5.74) is 3.51. The molecule has 0 fully saturated rings. The molecule has 0 aliphatic rings. The van der Waals surface area contributed by atoms with Gasteiger partial charge in [-0.1, -0.05) is 49.2 Å². The standard InChI is InChI=1S/C24H27Cl2N3O5/c1-14(2)11-20(28-22(30)15(3)34-21-10-9-18(25)12-19(21)26)23(31)29-27-13-16-5-7-17(8-6-16)24(32)33-4/h5-10,12-15,20H,11H2,1-4H3,(H,28,30)(H,29,31)/b27-13-/t15-,20+/m0/s1. The van der Waals surface area contributed by atoms with E-state index in [-0.39, 0.29) is 10.9 Å². The van der Waals surface area contributed by atoms with E-state index in [0.717, 1.165) is 0 Å². The van der Waals surface area contributed by atoms with Crippen LogP contribution in [-0.2, 0) is 14.3 Å². The van der Waals surface area contributed by atoms with Gasteiger partial charge in [-0.15, -0.1) is 0 Å². The molecule has 2 N–H and O–H groups in total. The smallest absolute Gasteiger partial charge is 0.337 e. The molecule has 0 bridgehead atoms. The van der Waals surface area contributed by atoms with Crippen LogP contribution in [0.3, 0.4) is 0 Å². The summed E-state index contributed by atoms with van der Waals surface area (Å²) in [5, 5.41) is 7.38. The molecule has 2 amide bonds. The molecule has 2 aromatic rings. The van der Waals surface area contributed by atoms with Crippen molar-refractivity contribution in [2.24, 2.45) is 11.0 Å². The molecule has 0 aliphatic heterocycles. The number of halogens is 2. The Morgan fingerprint density at radius 1 is 1.03 bits per heavy atom. The summed E-state index contributed by atoms with van der Waals surface area (Å²) in [6.45, 7) is 5.43. The molecule has 34 heavy (non-hydrogen) atoms. The molecule has 0 aliphatic carbocycles. The van der Waals surface area contributed by atoms with Crippen LogP contribution < -0.4 is 15.5 Å². The summed E-state index contributed by atoms with van der Waals surface area (Å²) in [7, 11) is 1.30. The van der Waals surface area contributed by atoms with E-state index in [9.17, 15) is 14.4 Å². The number of amides is 2. The lowest BCUT2D eigenvalue weighted by atomic mass is 10.0. The second-order valence-electron chi connectivity index (χ2n) is 7.87. The summed E-state index contributed by atoms with van der Waals surface area (Å²) in [5.74, 6) is -0.953. The van der Waals surface area contributed by atoms with E-state index in [4.69, 9.17) is 27.9 Å². The second-order valence-corrected chi connectivity index (χ2v) is 8.72. The minimum Gasteiger partial charge on any atom is -0.479 e. The summed E-state index contributed by atoms with van der Waals surface area (Å²) in [4.78, 5) is 36.8. The average molecular weight is 508 g/mol. The lowest BCUT2D eigenvalue weighted by Gasteiger charge is -2.22. The molecule has 182 valence electrons. The van der Waals surface area contributed by atoms with Crippen molar-refractivity contribution in [3.8, 4) is 5.75 Å². The maximum Gasteiger partial charge on any atom is 0.337 e. The fourth-order valence-electron chi connectivity index (χ4n) is 2.88. The van der Waals surface area contributed by atoms with Gasteiger partial charge >= 0.3 is 5.97 Å². The van der Waals surface area contributed by atoms with Crippen LogP contribution in [0.4, 0.5) is 0 Å². The third-order valence-corrected chi connectivity index (χ3v) is 5.16. The van der Waals surface area contributed by atoms with E-state index >= 15 is 0 Å². The van der Waals surface area contributed by atoms with Gasteiger partial charge in [-0.25, -0.2) is 10.2 Å². The predicted molar refractivity (Wildman–Crippen MR) is 131 cm³/mol. The van der Waals surface area contributed by atoms with Crippen molar-refractivity contribution in [2.45, 2.75) is 39.3 Å². The number of carbonyl (C=O) groups is 3. The molecule has 0 spiro atoms. The Bertz CT molecular complexity index is 1040. The number of hydrogen-bond donors (Lipinski definition) is 2. The van der Waals surface area contributed by atoms with Crippen LogP contribution in [0.25, 0.3) is 0 Å². The maximum absolute atomic E-state index is 12.7. The van der Waals surface area contributed by atoms with Gasteiger partial charge in [-0.3, -0.25) is 9.59 Å². The van der Waals surface area contributed by atoms with Crippen LogP contribution in [0.15, 0.2) is 47.6 Å². The van der Waals surface area contributed by atoms with Gasteiger partial charge in [0, 0.05) is 5.02 Å². The number of benzene rings is 2. The van der Waals surface area contributed by atoms with Crippen LogP contribution in [-0.4, -0.2) is 43.3 Å². The quantitative estimate of drug-likeness (QED) is 0.284. The van der Waals surface area contributed by atoms with Crippen molar-refractivity contribution in [3.05, 3.63) is 63.6 Å². The first-order valence-electron chi connectivity index (χ1n) is 10.5. The first kappa shape index (κ1) is 27.1. The van der Waals surface area contributed by atoms with E-state index in [2.05, 4.69) is 20.6 Å². The molecular formula is C24H27Cl2N3O5. The number of hydrogen-bond acceptors (Lipinski definition) is 6. The van der Waals surface area contributed by atoms with Gasteiger partial charge in [0.05, 0.1) is 23.9 Å². The number of hydrazone groups is 1. The fourth-order valence-corrected chi connectivity index (χ4v) is 3.33. The van der Waals surface area contributed by atoms with Crippen molar-refractivity contribution in [1.29, 1.82) is 0 Å². The Morgan fingerprint density at radius 3 is 2.29 bits per heavy atom. The molecule has 8 nitrogen and oxygen atoms in total. The van der Waals surface area contributed by atoms with Gasteiger partial charge in [0.25, 0.3) is 11.8 Å². The van der Waals surface area contributed by atoms with Crippen molar-refractivity contribution in [3.63, 3.8) is 0 Å². The zero-order valence-corrected chi connectivity index (χ0v) is 20.8. The molecule has 0 saturated heterocycles. The van der Waals surface area contributed by atoms with Crippen molar-refractivity contribution < 1.29 is 23.9 Å².